The van der Waals surface area contributed by atoms with Crippen LogP contribution in [0.4, 0.5) is 0 Å². The molecule has 1 aromatic rings. The van der Waals surface area contributed by atoms with Crippen molar-refractivity contribution in [3.05, 3.63) is 24.3 Å². The Kier molecular flexibility index (Phi) is 3.85. The van der Waals surface area contributed by atoms with Gasteiger partial charge in [-0.3, -0.25) is 0 Å². The van der Waals surface area contributed by atoms with Gasteiger partial charge in [-0.15, -0.1) is 0 Å². The minimum Gasteiger partial charge on any atom is -0.497 e. The van der Waals surface area contributed by atoms with E-state index in [-0.39, 0.29) is 5.54 Å². The smallest absolute Gasteiger partial charge is 0.243 e. The maximum atomic E-state index is 12.5. The molecule has 1 aliphatic rings. The maximum Gasteiger partial charge on any atom is 0.243 e. The number of hydrogen-bond acceptors (Lipinski definition) is 4. The maximum absolute atomic E-state index is 12.5. The van der Waals surface area contributed by atoms with Gasteiger partial charge in [0.05, 0.1) is 12.0 Å². The number of sulfonamides is 1. The van der Waals surface area contributed by atoms with Crippen LogP contribution in [0, 0.1) is 0 Å². The van der Waals surface area contributed by atoms with Gasteiger partial charge < -0.3 is 10.1 Å². The van der Waals surface area contributed by atoms with Crippen molar-refractivity contribution in [1.29, 1.82) is 0 Å². The van der Waals surface area contributed by atoms with Gasteiger partial charge in [0.25, 0.3) is 0 Å². The van der Waals surface area contributed by atoms with Crippen LogP contribution in [0.1, 0.15) is 13.8 Å². The Bertz CT molecular complexity index is 538. The van der Waals surface area contributed by atoms with E-state index in [1.54, 1.807) is 31.4 Å². The number of ether oxygens (including phenoxy) is 1. The third kappa shape index (κ3) is 3.08. The summed E-state index contributed by atoms with van der Waals surface area (Å²) >= 11 is 0. The van der Waals surface area contributed by atoms with Gasteiger partial charge in [-0.1, -0.05) is 0 Å². The molecule has 0 aromatic heterocycles. The van der Waals surface area contributed by atoms with Crippen LogP contribution in [0.15, 0.2) is 29.2 Å². The van der Waals surface area contributed by atoms with Gasteiger partial charge in [0.15, 0.2) is 0 Å². The van der Waals surface area contributed by atoms with E-state index in [1.807, 2.05) is 13.8 Å². The van der Waals surface area contributed by atoms with Crippen molar-refractivity contribution in [2.45, 2.75) is 24.3 Å². The monoisotopic (exact) mass is 284 g/mol. The van der Waals surface area contributed by atoms with Crippen molar-refractivity contribution in [3.8, 4) is 5.75 Å². The van der Waals surface area contributed by atoms with Gasteiger partial charge in [-0.05, 0) is 38.1 Å². The fourth-order valence-corrected chi connectivity index (χ4v) is 3.80. The summed E-state index contributed by atoms with van der Waals surface area (Å²) < 4.78 is 31.6. The average molecular weight is 284 g/mol. The standard InChI is InChI=1S/C13H20N2O3S/c1-13(2)10-15(9-8-14-13)19(16,17)12-6-4-11(18-3)5-7-12/h4-7,14H,8-10H2,1-3H3. The molecule has 5 nitrogen and oxygen atoms in total. The van der Waals surface area contributed by atoms with Gasteiger partial charge in [-0.2, -0.15) is 4.31 Å². The SMILES string of the molecule is COc1ccc(S(=O)(=O)N2CCNC(C)(C)C2)cc1. The number of piperazine rings is 1. The van der Waals surface area contributed by atoms with E-state index in [0.29, 0.717) is 30.3 Å². The van der Waals surface area contributed by atoms with E-state index in [2.05, 4.69) is 5.32 Å². The number of hydrogen-bond donors (Lipinski definition) is 1. The molecule has 6 heteroatoms. The Morgan fingerprint density at radius 1 is 1.26 bits per heavy atom. The van der Waals surface area contributed by atoms with Crippen molar-refractivity contribution >= 4 is 10.0 Å². The first-order chi connectivity index (χ1) is 8.85. The van der Waals surface area contributed by atoms with Crippen molar-refractivity contribution in [2.24, 2.45) is 0 Å². The highest BCUT2D eigenvalue weighted by molar-refractivity contribution is 7.89. The summed E-state index contributed by atoms with van der Waals surface area (Å²) in [6.07, 6.45) is 0. The van der Waals surface area contributed by atoms with Crippen LogP contribution < -0.4 is 10.1 Å². The van der Waals surface area contributed by atoms with Crippen molar-refractivity contribution in [3.63, 3.8) is 0 Å². The summed E-state index contributed by atoms with van der Waals surface area (Å²) in [6.45, 7) is 5.65. The van der Waals surface area contributed by atoms with Crippen molar-refractivity contribution in [1.82, 2.24) is 9.62 Å². The van der Waals surface area contributed by atoms with E-state index >= 15 is 0 Å². The van der Waals surface area contributed by atoms with Crippen LogP contribution >= 0.6 is 0 Å². The molecule has 1 aromatic carbocycles. The molecule has 19 heavy (non-hydrogen) atoms. The van der Waals surface area contributed by atoms with Gasteiger partial charge in [-0.25, -0.2) is 8.42 Å². The molecular weight excluding hydrogens is 264 g/mol. The molecule has 2 rings (SSSR count). The fraction of sp³-hybridized carbons (Fsp3) is 0.538. The van der Waals surface area contributed by atoms with Crippen molar-refractivity contribution in [2.75, 3.05) is 26.7 Å². The lowest BCUT2D eigenvalue weighted by molar-refractivity contribution is 0.233. The lowest BCUT2D eigenvalue weighted by Crippen LogP contribution is -2.58. The lowest BCUT2D eigenvalue weighted by Gasteiger charge is -2.38. The molecule has 1 aliphatic heterocycles. The second kappa shape index (κ2) is 5.11. The summed E-state index contributed by atoms with van der Waals surface area (Å²) in [5.74, 6) is 0.652. The predicted molar refractivity (Wildman–Crippen MR) is 73.8 cm³/mol. The molecule has 0 radical (unpaired) electrons. The molecular formula is C13H20N2O3S. The quantitative estimate of drug-likeness (QED) is 0.902. The number of methoxy groups -OCH3 is 1. The molecule has 0 amide bonds. The highest BCUT2D eigenvalue weighted by Gasteiger charge is 2.33. The molecule has 0 spiro atoms. The molecule has 0 aliphatic carbocycles. The third-order valence-corrected chi connectivity index (χ3v) is 5.09. The summed E-state index contributed by atoms with van der Waals surface area (Å²) in [4.78, 5) is 0.311. The minimum atomic E-state index is -3.42. The largest absolute Gasteiger partial charge is 0.497 e. The average Bonchev–Trinajstić information content (AvgIpc) is 2.37. The molecule has 0 atom stereocenters. The minimum absolute atomic E-state index is 0.197. The molecule has 1 heterocycles. The first kappa shape index (κ1) is 14.3. The van der Waals surface area contributed by atoms with E-state index in [9.17, 15) is 8.42 Å². The van der Waals surface area contributed by atoms with Crippen LogP contribution in [0.5, 0.6) is 5.75 Å². The Morgan fingerprint density at radius 3 is 2.42 bits per heavy atom. The van der Waals surface area contributed by atoms with Crippen LogP contribution in [0.2, 0.25) is 0 Å². The first-order valence-corrected chi connectivity index (χ1v) is 7.68. The zero-order chi connectivity index (χ0) is 14.1. The highest BCUT2D eigenvalue weighted by atomic mass is 32.2. The van der Waals surface area contributed by atoms with E-state index in [4.69, 9.17) is 4.74 Å². The molecule has 1 saturated heterocycles. The zero-order valence-electron chi connectivity index (χ0n) is 11.5. The summed E-state index contributed by atoms with van der Waals surface area (Å²) in [7, 11) is -1.86. The Morgan fingerprint density at radius 2 is 1.89 bits per heavy atom. The summed E-state index contributed by atoms with van der Waals surface area (Å²) in [6, 6.07) is 6.51. The van der Waals surface area contributed by atoms with Crippen LogP contribution in [0.25, 0.3) is 0 Å². The van der Waals surface area contributed by atoms with E-state index < -0.39 is 10.0 Å². The highest BCUT2D eigenvalue weighted by Crippen LogP contribution is 2.22. The summed E-state index contributed by atoms with van der Waals surface area (Å²) in [5, 5.41) is 3.30. The predicted octanol–water partition coefficient (Wildman–Crippen LogP) is 1.07. The first-order valence-electron chi connectivity index (χ1n) is 6.24. The van der Waals surface area contributed by atoms with Crippen LogP contribution in [0.3, 0.4) is 0 Å². The molecule has 1 N–H and O–H groups in total. The number of rotatable bonds is 3. The van der Waals surface area contributed by atoms with E-state index in [0.717, 1.165) is 0 Å². The molecule has 0 bridgehead atoms. The zero-order valence-corrected chi connectivity index (χ0v) is 12.3. The Balaban J connectivity index is 2.26. The van der Waals surface area contributed by atoms with Gasteiger partial charge in [0, 0.05) is 25.2 Å². The number of nitrogens with one attached hydrogen (secondary N) is 1. The topological polar surface area (TPSA) is 58.6 Å². The molecule has 1 fully saturated rings. The van der Waals surface area contributed by atoms with Crippen LogP contribution in [-0.4, -0.2) is 45.0 Å². The third-order valence-electron chi connectivity index (χ3n) is 3.23. The van der Waals surface area contributed by atoms with Gasteiger partial charge >= 0.3 is 0 Å². The molecule has 0 unspecified atom stereocenters. The normalized spacial score (nSPS) is 20.2. The van der Waals surface area contributed by atoms with Crippen LogP contribution in [-0.2, 0) is 10.0 Å². The Hall–Kier alpha value is -1.11. The van der Waals surface area contributed by atoms with Gasteiger partial charge in [0.2, 0.25) is 10.0 Å². The summed E-state index contributed by atoms with van der Waals surface area (Å²) in [5.41, 5.74) is -0.197. The van der Waals surface area contributed by atoms with E-state index in [1.165, 1.54) is 4.31 Å². The number of nitrogens with zero attached hydrogens (tertiary/aromatic N) is 1. The molecule has 0 saturated carbocycles. The van der Waals surface area contributed by atoms with Crippen molar-refractivity contribution < 1.29 is 13.2 Å². The lowest BCUT2D eigenvalue weighted by atomic mass is 10.0. The Labute approximate surface area is 114 Å². The molecule has 106 valence electrons. The second-order valence-electron chi connectivity index (χ2n) is 5.32. The number of benzene rings is 1. The fourth-order valence-electron chi connectivity index (χ4n) is 2.20. The second-order valence-corrected chi connectivity index (χ2v) is 7.26. The van der Waals surface area contributed by atoms with Gasteiger partial charge in [0.1, 0.15) is 5.75 Å².